The number of nitrogens with zero attached hydrogens (tertiary/aromatic N) is 2. The second-order valence-electron chi connectivity index (χ2n) is 3.59. The van der Waals surface area contributed by atoms with Crippen LogP contribution in [-0.4, -0.2) is 15.8 Å². The summed E-state index contributed by atoms with van der Waals surface area (Å²) in [6, 6.07) is 6.04. The molecule has 16 heavy (non-hydrogen) atoms. The van der Waals surface area contributed by atoms with Crippen LogP contribution in [0.2, 0.25) is 0 Å². The number of aromatic nitrogens is 2. The molecule has 0 saturated carbocycles. The Hall–Kier alpha value is -1.97. The molecular formula is C12H11FN2O. The number of aldehydes is 1. The van der Waals surface area contributed by atoms with E-state index in [1.165, 1.54) is 12.1 Å². The van der Waals surface area contributed by atoms with Gasteiger partial charge in [0.2, 0.25) is 0 Å². The van der Waals surface area contributed by atoms with Gasteiger partial charge in [0.1, 0.15) is 17.3 Å². The Kier molecular flexibility index (Phi) is 2.56. The van der Waals surface area contributed by atoms with E-state index in [9.17, 15) is 9.18 Å². The van der Waals surface area contributed by atoms with E-state index in [4.69, 9.17) is 0 Å². The molecular weight excluding hydrogens is 207 g/mol. The fourth-order valence-corrected chi connectivity index (χ4v) is 1.57. The van der Waals surface area contributed by atoms with E-state index in [2.05, 4.69) is 4.98 Å². The van der Waals surface area contributed by atoms with E-state index in [1.54, 1.807) is 12.1 Å². The molecule has 0 aliphatic carbocycles. The number of carbonyl (C=O) groups excluding carboxylic acids is 1. The third-order valence-electron chi connectivity index (χ3n) is 2.63. The van der Waals surface area contributed by atoms with Gasteiger partial charge in [0.15, 0.2) is 6.29 Å². The van der Waals surface area contributed by atoms with Gasteiger partial charge in [-0.3, -0.25) is 4.79 Å². The summed E-state index contributed by atoms with van der Waals surface area (Å²) in [5.74, 6) is 0.380. The Morgan fingerprint density at radius 2 is 1.94 bits per heavy atom. The highest BCUT2D eigenvalue weighted by molar-refractivity contribution is 5.75. The van der Waals surface area contributed by atoms with Crippen LogP contribution in [0.15, 0.2) is 24.3 Å². The SMILES string of the molecule is Cc1c(C=O)nc(-c2ccc(F)cc2)n1C. The number of benzene rings is 1. The maximum atomic E-state index is 12.8. The van der Waals surface area contributed by atoms with E-state index in [0.29, 0.717) is 11.5 Å². The first-order valence-electron chi connectivity index (χ1n) is 4.88. The largest absolute Gasteiger partial charge is 0.331 e. The summed E-state index contributed by atoms with van der Waals surface area (Å²) < 4.78 is 14.6. The Bertz CT molecular complexity index is 529. The predicted molar refractivity (Wildman–Crippen MR) is 58.7 cm³/mol. The molecule has 1 heterocycles. The van der Waals surface area contributed by atoms with Crippen molar-refractivity contribution in [2.75, 3.05) is 0 Å². The highest BCUT2D eigenvalue weighted by Gasteiger charge is 2.11. The fourth-order valence-electron chi connectivity index (χ4n) is 1.57. The summed E-state index contributed by atoms with van der Waals surface area (Å²) >= 11 is 0. The average Bonchev–Trinajstić information content (AvgIpc) is 2.57. The highest BCUT2D eigenvalue weighted by Crippen LogP contribution is 2.20. The zero-order valence-corrected chi connectivity index (χ0v) is 9.07. The van der Waals surface area contributed by atoms with Crippen molar-refractivity contribution >= 4 is 6.29 Å². The molecule has 0 N–H and O–H groups in total. The molecule has 0 bridgehead atoms. The van der Waals surface area contributed by atoms with Crippen molar-refractivity contribution in [2.45, 2.75) is 6.92 Å². The lowest BCUT2D eigenvalue weighted by atomic mass is 10.2. The van der Waals surface area contributed by atoms with Crippen LogP contribution in [0.1, 0.15) is 16.2 Å². The second kappa shape index (κ2) is 3.89. The topological polar surface area (TPSA) is 34.9 Å². The van der Waals surface area contributed by atoms with Gasteiger partial charge >= 0.3 is 0 Å². The number of halogens is 1. The summed E-state index contributed by atoms with van der Waals surface area (Å²) in [6.45, 7) is 1.82. The number of imidazole rings is 1. The normalized spacial score (nSPS) is 10.4. The molecule has 3 nitrogen and oxygen atoms in total. The van der Waals surface area contributed by atoms with Crippen molar-refractivity contribution in [2.24, 2.45) is 7.05 Å². The smallest absolute Gasteiger partial charge is 0.170 e. The molecule has 0 radical (unpaired) electrons. The second-order valence-corrected chi connectivity index (χ2v) is 3.59. The molecule has 0 saturated heterocycles. The zero-order chi connectivity index (χ0) is 11.7. The first kappa shape index (κ1) is 10.5. The van der Waals surface area contributed by atoms with Gasteiger partial charge in [-0.25, -0.2) is 9.37 Å². The summed E-state index contributed by atoms with van der Waals surface area (Å²) in [5, 5.41) is 0. The fraction of sp³-hybridized carbons (Fsp3) is 0.167. The Balaban J connectivity index is 2.56. The van der Waals surface area contributed by atoms with Crippen molar-refractivity contribution in [3.05, 3.63) is 41.5 Å². The average molecular weight is 218 g/mol. The van der Waals surface area contributed by atoms with Gasteiger partial charge < -0.3 is 4.57 Å². The number of hydrogen-bond acceptors (Lipinski definition) is 2. The number of rotatable bonds is 2. The summed E-state index contributed by atoms with van der Waals surface area (Å²) in [6.07, 6.45) is 0.725. The molecule has 0 aliphatic rings. The van der Waals surface area contributed by atoms with Gasteiger partial charge in [-0.15, -0.1) is 0 Å². The molecule has 1 aromatic heterocycles. The van der Waals surface area contributed by atoms with Crippen molar-refractivity contribution in [3.8, 4) is 11.4 Å². The van der Waals surface area contributed by atoms with Gasteiger partial charge in [-0.2, -0.15) is 0 Å². The lowest BCUT2D eigenvalue weighted by molar-refractivity contribution is 0.111. The molecule has 0 aliphatic heterocycles. The maximum absolute atomic E-state index is 12.8. The summed E-state index contributed by atoms with van der Waals surface area (Å²) in [7, 11) is 1.83. The molecule has 0 amide bonds. The standard InChI is InChI=1S/C12H11FN2O/c1-8-11(7-16)14-12(15(8)2)9-3-5-10(13)6-4-9/h3-7H,1-2H3. The molecule has 0 spiro atoms. The van der Waals surface area contributed by atoms with Crippen LogP contribution in [-0.2, 0) is 7.05 Å². The monoisotopic (exact) mass is 218 g/mol. The van der Waals surface area contributed by atoms with E-state index >= 15 is 0 Å². The molecule has 0 fully saturated rings. The minimum absolute atomic E-state index is 0.287. The first-order valence-corrected chi connectivity index (χ1v) is 4.88. The lowest BCUT2D eigenvalue weighted by Crippen LogP contribution is -1.95. The predicted octanol–water partition coefficient (Wildman–Crippen LogP) is 2.35. The highest BCUT2D eigenvalue weighted by atomic mass is 19.1. The van der Waals surface area contributed by atoms with Crippen molar-refractivity contribution < 1.29 is 9.18 Å². The van der Waals surface area contributed by atoms with Crippen LogP contribution in [0.4, 0.5) is 4.39 Å². The van der Waals surface area contributed by atoms with Crippen molar-refractivity contribution in [1.82, 2.24) is 9.55 Å². The van der Waals surface area contributed by atoms with Crippen LogP contribution >= 0.6 is 0 Å². The molecule has 4 heteroatoms. The van der Waals surface area contributed by atoms with E-state index in [-0.39, 0.29) is 5.82 Å². The van der Waals surface area contributed by atoms with Crippen LogP contribution < -0.4 is 0 Å². The molecule has 82 valence electrons. The number of hydrogen-bond donors (Lipinski definition) is 0. The van der Waals surface area contributed by atoms with Gasteiger partial charge in [0.05, 0.1) is 0 Å². The Labute approximate surface area is 92.5 Å². The summed E-state index contributed by atoms with van der Waals surface area (Å²) in [4.78, 5) is 14.9. The first-order chi connectivity index (χ1) is 7.63. The lowest BCUT2D eigenvalue weighted by Gasteiger charge is -2.02. The van der Waals surface area contributed by atoms with E-state index in [0.717, 1.165) is 17.5 Å². The summed E-state index contributed by atoms with van der Waals surface area (Å²) in [5.41, 5.74) is 2.01. The van der Waals surface area contributed by atoms with E-state index in [1.807, 2.05) is 18.5 Å². The van der Waals surface area contributed by atoms with Crippen LogP contribution in [0.3, 0.4) is 0 Å². The van der Waals surface area contributed by atoms with Gasteiger partial charge in [0.25, 0.3) is 0 Å². The minimum atomic E-state index is -0.287. The molecule has 0 atom stereocenters. The third-order valence-corrected chi connectivity index (χ3v) is 2.63. The Morgan fingerprint density at radius 3 is 2.44 bits per heavy atom. The molecule has 1 aromatic carbocycles. The molecule has 2 rings (SSSR count). The molecule has 2 aromatic rings. The van der Waals surface area contributed by atoms with Crippen LogP contribution in [0.25, 0.3) is 11.4 Å². The van der Waals surface area contributed by atoms with Crippen LogP contribution in [0, 0.1) is 12.7 Å². The maximum Gasteiger partial charge on any atom is 0.170 e. The molecule has 0 unspecified atom stereocenters. The quantitative estimate of drug-likeness (QED) is 0.725. The minimum Gasteiger partial charge on any atom is -0.331 e. The third kappa shape index (κ3) is 1.62. The van der Waals surface area contributed by atoms with Gasteiger partial charge in [-0.05, 0) is 31.2 Å². The van der Waals surface area contributed by atoms with Crippen LogP contribution in [0.5, 0.6) is 0 Å². The van der Waals surface area contributed by atoms with E-state index < -0.39 is 0 Å². The number of carbonyl (C=O) groups is 1. The van der Waals surface area contributed by atoms with Gasteiger partial charge in [0, 0.05) is 18.3 Å². The zero-order valence-electron chi connectivity index (χ0n) is 9.07. The van der Waals surface area contributed by atoms with Crippen molar-refractivity contribution in [3.63, 3.8) is 0 Å². The Morgan fingerprint density at radius 1 is 1.31 bits per heavy atom. The van der Waals surface area contributed by atoms with Gasteiger partial charge in [-0.1, -0.05) is 0 Å². The van der Waals surface area contributed by atoms with Crippen molar-refractivity contribution in [1.29, 1.82) is 0 Å².